The molecule has 1 aliphatic carbocycles. The summed E-state index contributed by atoms with van der Waals surface area (Å²) < 4.78 is 6.36. The van der Waals surface area contributed by atoms with E-state index < -0.39 is 0 Å². The van der Waals surface area contributed by atoms with Gasteiger partial charge in [-0.25, -0.2) is 0 Å². The first kappa shape index (κ1) is 25.9. The monoisotopic (exact) mass is 577 g/mol. The van der Waals surface area contributed by atoms with Crippen molar-refractivity contribution in [2.45, 2.75) is 19.3 Å². The standard InChI is InChI=1S/C43H31NO/c1-43(2)37-17-7-5-14-34(37)35-26-25-31(27-38(35)43)44(39-18-10-20-41-42(39)36-15-6-8-19-40(36)45-41)30-23-21-29(22-24-30)33-16-9-12-28-11-3-4-13-32(28)33/h3-27H,1-2H3. The molecule has 0 radical (unpaired) electrons. The molecule has 0 N–H and O–H groups in total. The van der Waals surface area contributed by atoms with Gasteiger partial charge in [0.1, 0.15) is 11.2 Å². The number of furan rings is 1. The Hall–Kier alpha value is -5.60. The number of nitrogens with zero attached hydrogens (tertiary/aromatic N) is 1. The lowest BCUT2D eigenvalue weighted by Crippen LogP contribution is -2.16. The van der Waals surface area contributed by atoms with Crippen molar-refractivity contribution in [3.8, 4) is 22.3 Å². The van der Waals surface area contributed by atoms with E-state index in [1.165, 1.54) is 44.2 Å². The number of fused-ring (bicyclic) bond motifs is 7. The van der Waals surface area contributed by atoms with Crippen LogP contribution in [0.2, 0.25) is 0 Å². The number of rotatable bonds is 4. The topological polar surface area (TPSA) is 16.4 Å². The largest absolute Gasteiger partial charge is 0.456 e. The fraction of sp³-hybridized carbons (Fsp3) is 0.0698. The Morgan fingerprint density at radius 1 is 0.489 bits per heavy atom. The molecule has 0 atom stereocenters. The molecular formula is C43H31NO. The van der Waals surface area contributed by atoms with Crippen LogP contribution in [0.5, 0.6) is 0 Å². The van der Waals surface area contributed by atoms with E-state index in [2.05, 4.69) is 164 Å². The van der Waals surface area contributed by atoms with Crippen LogP contribution in [0.15, 0.2) is 156 Å². The molecule has 45 heavy (non-hydrogen) atoms. The zero-order valence-electron chi connectivity index (χ0n) is 25.3. The molecule has 0 fully saturated rings. The maximum Gasteiger partial charge on any atom is 0.137 e. The van der Waals surface area contributed by atoms with Gasteiger partial charge in [0.25, 0.3) is 0 Å². The lowest BCUT2D eigenvalue weighted by atomic mass is 9.82. The first-order chi connectivity index (χ1) is 22.1. The molecule has 7 aromatic carbocycles. The average molecular weight is 578 g/mol. The van der Waals surface area contributed by atoms with Crippen molar-refractivity contribution < 1.29 is 4.42 Å². The lowest BCUT2D eigenvalue weighted by Gasteiger charge is -2.29. The lowest BCUT2D eigenvalue weighted by molar-refractivity contribution is 0.660. The van der Waals surface area contributed by atoms with E-state index in [0.29, 0.717) is 0 Å². The Labute approximate surface area is 262 Å². The van der Waals surface area contributed by atoms with Gasteiger partial charge in [-0.1, -0.05) is 123 Å². The quantitative estimate of drug-likeness (QED) is 0.207. The van der Waals surface area contributed by atoms with Crippen LogP contribution in [0.1, 0.15) is 25.0 Å². The first-order valence-electron chi connectivity index (χ1n) is 15.6. The number of benzene rings is 7. The molecule has 1 heterocycles. The number of anilines is 3. The van der Waals surface area contributed by atoms with E-state index in [4.69, 9.17) is 4.42 Å². The van der Waals surface area contributed by atoms with Gasteiger partial charge < -0.3 is 9.32 Å². The van der Waals surface area contributed by atoms with Gasteiger partial charge in [0, 0.05) is 22.2 Å². The predicted octanol–water partition coefficient (Wildman–Crippen LogP) is 12.2. The van der Waals surface area contributed by atoms with Gasteiger partial charge in [-0.2, -0.15) is 0 Å². The minimum absolute atomic E-state index is 0.0970. The van der Waals surface area contributed by atoms with Crippen LogP contribution in [-0.2, 0) is 5.41 Å². The van der Waals surface area contributed by atoms with E-state index >= 15 is 0 Å². The minimum Gasteiger partial charge on any atom is -0.456 e. The third-order valence-corrected chi connectivity index (χ3v) is 9.67. The Morgan fingerprint density at radius 2 is 1.13 bits per heavy atom. The second-order valence-corrected chi connectivity index (χ2v) is 12.6. The highest BCUT2D eigenvalue weighted by atomic mass is 16.3. The van der Waals surface area contributed by atoms with Gasteiger partial charge >= 0.3 is 0 Å². The van der Waals surface area contributed by atoms with Crippen LogP contribution in [0, 0.1) is 0 Å². The van der Waals surface area contributed by atoms with E-state index in [9.17, 15) is 0 Å². The molecule has 0 bridgehead atoms. The molecule has 1 aromatic heterocycles. The van der Waals surface area contributed by atoms with Crippen molar-refractivity contribution in [1.29, 1.82) is 0 Å². The molecule has 2 heteroatoms. The molecule has 9 rings (SSSR count). The molecule has 1 aliphatic rings. The zero-order valence-corrected chi connectivity index (χ0v) is 25.3. The summed E-state index contributed by atoms with van der Waals surface area (Å²) in [5, 5.41) is 4.75. The minimum atomic E-state index is -0.0970. The summed E-state index contributed by atoms with van der Waals surface area (Å²) in [4.78, 5) is 2.40. The SMILES string of the molecule is CC1(C)c2ccccc2-c2ccc(N(c3ccc(-c4cccc5ccccc45)cc3)c3cccc4oc5ccccc5c34)cc21. The van der Waals surface area contributed by atoms with Crippen molar-refractivity contribution in [1.82, 2.24) is 0 Å². The number of hydrogen-bond acceptors (Lipinski definition) is 2. The van der Waals surface area contributed by atoms with Crippen molar-refractivity contribution in [2.75, 3.05) is 4.90 Å². The summed E-state index contributed by atoms with van der Waals surface area (Å²) in [6.07, 6.45) is 0. The second-order valence-electron chi connectivity index (χ2n) is 12.6. The molecule has 0 unspecified atom stereocenters. The maximum absolute atomic E-state index is 6.36. The predicted molar refractivity (Wildman–Crippen MR) is 189 cm³/mol. The van der Waals surface area contributed by atoms with Crippen molar-refractivity contribution in [3.05, 3.63) is 163 Å². The van der Waals surface area contributed by atoms with Crippen molar-refractivity contribution in [2.24, 2.45) is 0 Å². The molecule has 0 spiro atoms. The number of para-hydroxylation sites is 1. The Morgan fingerprint density at radius 3 is 2.02 bits per heavy atom. The fourth-order valence-electron chi connectivity index (χ4n) is 7.47. The zero-order chi connectivity index (χ0) is 30.1. The van der Waals surface area contributed by atoms with E-state index in [0.717, 1.165) is 39.0 Å². The smallest absolute Gasteiger partial charge is 0.137 e. The summed E-state index contributed by atoms with van der Waals surface area (Å²) in [6, 6.07) is 54.7. The fourth-order valence-corrected chi connectivity index (χ4v) is 7.47. The maximum atomic E-state index is 6.36. The molecule has 0 saturated heterocycles. The number of hydrogen-bond donors (Lipinski definition) is 0. The Balaban J connectivity index is 1.26. The summed E-state index contributed by atoms with van der Waals surface area (Å²) in [5.41, 5.74) is 12.8. The van der Waals surface area contributed by atoms with Crippen LogP contribution in [0.4, 0.5) is 17.1 Å². The highest BCUT2D eigenvalue weighted by molar-refractivity contribution is 6.13. The van der Waals surface area contributed by atoms with Crippen molar-refractivity contribution in [3.63, 3.8) is 0 Å². The molecule has 2 nitrogen and oxygen atoms in total. The normalized spacial score (nSPS) is 13.3. The van der Waals surface area contributed by atoms with E-state index in [1.807, 2.05) is 6.07 Å². The van der Waals surface area contributed by atoms with E-state index in [-0.39, 0.29) is 5.41 Å². The third kappa shape index (κ3) is 3.89. The van der Waals surface area contributed by atoms with Crippen molar-refractivity contribution >= 4 is 49.8 Å². The van der Waals surface area contributed by atoms with Crippen LogP contribution >= 0.6 is 0 Å². The molecule has 214 valence electrons. The van der Waals surface area contributed by atoms with Crippen LogP contribution < -0.4 is 4.90 Å². The van der Waals surface area contributed by atoms with Gasteiger partial charge in [-0.15, -0.1) is 0 Å². The molecular weight excluding hydrogens is 546 g/mol. The van der Waals surface area contributed by atoms with Crippen LogP contribution in [0.3, 0.4) is 0 Å². The highest BCUT2D eigenvalue weighted by Gasteiger charge is 2.35. The van der Waals surface area contributed by atoms with Crippen LogP contribution in [-0.4, -0.2) is 0 Å². The average Bonchev–Trinajstić information content (AvgIpc) is 3.58. The van der Waals surface area contributed by atoms with Crippen LogP contribution in [0.25, 0.3) is 55.0 Å². The Bertz CT molecular complexity index is 2410. The second kappa shape index (κ2) is 9.70. The molecule has 8 aromatic rings. The molecule has 0 saturated carbocycles. The first-order valence-corrected chi connectivity index (χ1v) is 15.6. The summed E-state index contributed by atoms with van der Waals surface area (Å²) in [5.74, 6) is 0. The molecule has 0 aliphatic heterocycles. The van der Waals surface area contributed by atoms with Gasteiger partial charge in [-0.3, -0.25) is 0 Å². The summed E-state index contributed by atoms with van der Waals surface area (Å²) in [6.45, 7) is 4.68. The van der Waals surface area contributed by atoms with Gasteiger partial charge in [-0.05, 0) is 86.6 Å². The summed E-state index contributed by atoms with van der Waals surface area (Å²) >= 11 is 0. The Kier molecular flexibility index (Phi) is 5.58. The third-order valence-electron chi connectivity index (χ3n) is 9.67. The van der Waals surface area contributed by atoms with Gasteiger partial charge in [0.05, 0.1) is 11.1 Å². The van der Waals surface area contributed by atoms with Gasteiger partial charge in [0.2, 0.25) is 0 Å². The molecule has 0 amide bonds. The summed E-state index contributed by atoms with van der Waals surface area (Å²) in [7, 11) is 0. The van der Waals surface area contributed by atoms with Gasteiger partial charge in [0.15, 0.2) is 0 Å². The highest BCUT2D eigenvalue weighted by Crippen LogP contribution is 2.51. The van der Waals surface area contributed by atoms with E-state index in [1.54, 1.807) is 0 Å².